The van der Waals surface area contributed by atoms with E-state index in [1.807, 2.05) is 42.8 Å². The van der Waals surface area contributed by atoms with Gasteiger partial charge in [0.2, 0.25) is 0 Å². The van der Waals surface area contributed by atoms with Crippen molar-refractivity contribution in [2.75, 3.05) is 140 Å². The van der Waals surface area contributed by atoms with Crippen molar-refractivity contribution < 1.29 is 28.8 Å². The quantitative estimate of drug-likeness (QED) is 0.0454. The van der Waals surface area contributed by atoms with Crippen LogP contribution < -0.4 is 34.4 Å². The molecule has 2 saturated heterocycles. The maximum Gasteiger partial charge on any atom is 0.407 e. The van der Waals surface area contributed by atoms with E-state index in [4.69, 9.17) is 49.1 Å². The standard InChI is InChI=1S/C34H56N8O2Si.C31H48N8O4Si/c1-25-10-11-30-28(21-36-42(30)24-43-18-19-45(7,8)9)31(25)41-15-12-27-29(23-41)37-33(38-32(27)40-16-13-35-14-17-40)44-26(22-39(5)6)20-34(2,3)4;1-22-8-9-27-25(18-32-39(27)21-42-16-17-44(5,6)7)28(22)38-11-10-24-26(20-38)33-30(43-23(2)19-35(3)4)34-29(24)36-12-14-37(15-13-36)31(40)41/h10-11,21,26,35H,12-20,22-24H2,1-9H3;8-9,18,23H,10-17,19-21H2,1-7H3,(H,40,41)/t26-;23-/m11/s1. The topological polar surface area (TPSA) is 196 Å². The van der Waals surface area contributed by atoms with Crippen LogP contribution in [0.2, 0.25) is 51.4 Å². The summed E-state index contributed by atoms with van der Waals surface area (Å²) in [7, 11) is 5.94. The van der Waals surface area contributed by atoms with Gasteiger partial charge in [-0.2, -0.15) is 30.1 Å². The summed E-state index contributed by atoms with van der Waals surface area (Å²) in [6.45, 7) is 40.3. The Kier molecular flexibility index (Phi) is 21.9. The minimum atomic E-state index is -1.16. The molecule has 4 aliphatic rings. The number of anilines is 4. The first kappa shape index (κ1) is 67.2. The number of nitrogens with zero attached hydrogens (tertiary/aromatic N) is 15. The van der Waals surface area contributed by atoms with Gasteiger partial charge < -0.3 is 63.7 Å². The number of rotatable bonds is 23. The molecule has 6 aromatic rings. The van der Waals surface area contributed by atoms with E-state index in [0.29, 0.717) is 64.8 Å². The van der Waals surface area contributed by atoms with Crippen LogP contribution in [0.5, 0.6) is 12.0 Å². The summed E-state index contributed by atoms with van der Waals surface area (Å²) in [5, 5.41) is 24.7. The zero-order chi connectivity index (χ0) is 64.0. The largest absolute Gasteiger partial charge is 0.465 e. The molecule has 2 fully saturated rings. The van der Waals surface area contributed by atoms with Gasteiger partial charge in [0.15, 0.2) is 0 Å². The third-order valence-corrected chi connectivity index (χ3v) is 20.4. The lowest BCUT2D eigenvalue weighted by Gasteiger charge is -2.37. The van der Waals surface area contributed by atoms with Crippen molar-refractivity contribution in [2.24, 2.45) is 5.41 Å². The molecule has 0 spiro atoms. The molecule has 0 saturated carbocycles. The first-order valence-corrected chi connectivity index (χ1v) is 39.7. The van der Waals surface area contributed by atoms with Crippen LogP contribution in [-0.2, 0) is 48.9 Å². The predicted molar refractivity (Wildman–Crippen MR) is 363 cm³/mol. The van der Waals surface area contributed by atoms with E-state index in [0.717, 1.165) is 147 Å². The highest BCUT2D eigenvalue weighted by molar-refractivity contribution is 6.76. The molecule has 4 aliphatic heterocycles. The van der Waals surface area contributed by atoms with E-state index in [9.17, 15) is 9.90 Å². The monoisotopic (exact) mass is 1260 g/mol. The highest BCUT2D eigenvalue weighted by Gasteiger charge is 2.33. The van der Waals surface area contributed by atoms with Gasteiger partial charge in [-0.05, 0) is 109 Å². The van der Waals surface area contributed by atoms with Crippen molar-refractivity contribution in [2.45, 2.75) is 151 Å². The van der Waals surface area contributed by atoms with Crippen LogP contribution in [0.3, 0.4) is 0 Å². The number of fused-ring (bicyclic) bond motifs is 4. The molecule has 8 heterocycles. The molecule has 24 heteroatoms. The number of ether oxygens (including phenoxy) is 4. The Balaban J connectivity index is 0.000000211. The van der Waals surface area contributed by atoms with Crippen LogP contribution in [0.4, 0.5) is 27.8 Å². The van der Waals surface area contributed by atoms with Gasteiger partial charge in [0.25, 0.3) is 0 Å². The summed E-state index contributed by atoms with van der Waals surface area (Å²) in [5.74, 6) is 1.92. The van der Waals surface area contributed by atoms with Crippen molar-refractivity contribution in [3.8, 4) is 12.0 Å². The Morgan fingerprint density at radius 2 is 1.09 bits per heavy atom. The summed E-state index contributed by atoms with van der Waals surface area (Å²) in [6.07, 6.45) is 5.60. The molecule has 1 amide bonds. The average molecular weight is 1260 g/mol. The van der Waals surface area contributed by atoms with Gasteiger partial charge in [0, 0.05) is 130 Å². The third-order valence-electron chi connectivity index (χ3n) is 17.0. The Morgan fingerprint density at radius 3 is 1.53 bits per heavy atom. The number of aryl methyl sites for hydroxylation is 2. The van der Waals surface area contributed by atoms with Gasteiger partial charge in [-0.3, -0.25) is 0 Å². The minimum Gasteiger partial charge on any atom is -0.465 e. The van der Waals surface area contributed by atoms with Gasteiger partial charge in [-0.25, -0.2) is 14.2 Å². The molecular formula is C65H104N16O6Si2. The van der Waals surface area contributed by atoms with Crippen molar-refractivity contribution in [1.82, 2.24) is 59.5 Å². The normalized spacial score (nSPS) is 16.7. The van der Waals surface area contributed by atoms with Gasteiger partial charge in [-0.1, -0.05) is 72.2 Å². The molecular weight excluding hydrogens is 1160 g/mol. The maximum absolute atomic E-state index is 11.5. The number of hydrogen-bond acceptors (Lipinski definition) is 18. The minimum absolute atomic E-state index is 0.00316. The fourth-order valence-electron chi connectivity index (χ4n) is 12.5. The van der Waals surface area contributed by atoms with Gasteiger partial charge in [0.1, 0.15) is 37.3 Å². The van der Waals surface area contributed by atoms with Crippen LogP contribution in [0.1, 0.15) is 67.8 Å². The molecule has 488 valence electrons. The number of aromatic nitrogens is 8. The van der Waals surface area contributed by atoms with E-state index in [1.165, 1.54) is 33.0 Å². The number of hydrogen-bond donors (Lipinski definition) is 2. The van der Waals surface area contributed by atoms with Gasteiger partial charge in [0.05, 0.1) is 59.3 Å². The molecule has 0 radical (unpaired) electrons. The molecule has 22 nitrogen and oxygen atoms in total. The highest BCUT2D eigenvalue weighted by Crippen LogP contribution is 2.39. The number of carbonyl (C=O) groups is 1. The fourth-order valence-corrected chi connectivity index (χ4v) is 14.0. The predicted octanol–water partition coefficient (Wildman–Crippen LogP) is 9.30. The summed E-state index contributed by atoms with van der Waals surface area (Å²) in [5.41, 5.74) is 11.5. The van der Waals surface area contributed by atoms with E-state index in [1.54, 1.807) is 0 Å². The first-order chi connectivity index (χ1) is 42.2. The van der Waals surface area contributed by atoms with Crippen LogP contribution in [-0.4, -0.2) is 214 Å². The van der Waals surface area contributed by atoms with Gasteiger partial charge >= 0.3 is 18.1 Å². The van der Waals surface area contributed by atoms with E-state index in [-0.39, 0.29) is 17.6 Å². The number of likely N-dealkylation sites (N-methyl/N-ethyl adjacent to an activating group) is 2. The van der Waals surface area contributed by atoms with Crippen molar-refractivity contribution in [1.29, 1.82) is 0 Å². The molecule has 2 N–H and O–H groups in total. The van der Waals surface area contributed by atoms with Crippen LogP contribution >= 0.6 is 0 Å². The second-order valence-electron chi connectivity index (χ2n) is 29.1. The van der Waals surface area contributed by atoms with Crippen LogP contribution in [0.25, 0.3) is 21.8 Å². The number of benzene rings is 2. The number of piperazine rings is 2. The lowest BCUT2D eigenvalue weighted by molar-refractivity contribution is 0.0816. The Morgan fingerprint density at radius 1 is 0.629 bits per heavy atom. The smallest absolute Gasteiger partial charge is 0.407 e. The van der Waals surface area contributed by atoms with Crippen LogP contribution in [0, 0.1) is 19.3 Å². The first-order valence-electron chi connectivity index (χ1n) is 32.3. The molecule has 89 heavy (non-hydrogen) atoms. The number of carboxylic acid groups (broad SMARTS) is 1. The molecule has 0 aliphatic carbocycles. The molecule has 2 aromatic carbocycles. The average Bonchev–Trinajstić information content (AvgIpc) is 1.99. The number of nitrogens with one attached hydrogen (secondary N) is 1. The van der Waals surface area contributed by atoms with E-state index in [2.05, 4.69) is 147 Å². The molecule has 4 aromatic heterocycles. The summed E-state index contributed by atoms with van der Waals surface area (Å²) < 4.78 is 29.0. The summed E-state index contributed by atoms with van der Waals surface area (Å²) in [4.78, 5) is 46.9. The van der Waals surface area contributed by atoms with Crippen molar-refractivity contribution >= 4 is 67.1 Å². The van der Waals surface area contributed by atoms with Crippen LogP contribution in [0.15, 0.2) is 36.7 Å². The Labute approximate surface area is 531 Å². The maximum atomic E-state index is 11.5. The molecule has 0 bridgehead atoms. The van der Waals surface area contributed by atoms with Crippen molar-refractivity contribution in [3.63, 3.8) is 0 Å². The summed E-state index contributed by atoms with van der Waals surface area (Å²) in [6, 6.07) is 11.8. The molecule has 0 unspecified atom stereocenters. The Hall–Kier alpha value is -6.16. The van der Waals surface area contributed by atoms with Gasteiger partial charge in [-0.15, -0.1) is 0 Å². The zero-order valence-corrected chi connectivity index (χ0v) is 58.6. The molecule has 10 rings (SSSR count). The summed E-state index contributed by atoms with van der Waals surface area (Å²) >= 11 is 0. The second-order valence-corrected chi connectivity index (χ2v) is 40.4. The third kappa shape index (κ3) is 17.9. The second kappa shape index (κ2) is 29.0. The highest BCUT2D eigenvalue weighted by atomic mass is 28.3. The number of amides is 1. The van der Waals surface area contributed by atoms with E-state index >= 15 is 0 Å². The lowest BCUT2D eigenvalue weighted by atomic mass is 9.89. The van der Waals surface area contributed by atoms with E-state index < -0.39 is 22.2 Å². The fraction of sp³-hybridized carbons (Fsp3) is 0.646. The van der Waals surface area contributed by atoms with Crippen molar-refractivity contribution in [3.05, 3.63) is 70.3 Å². The molecule has 2 atom stereocenters. The Bertz CT molecular complexity index is 3340. The SMILES string of the molecule is Cc1ccc2c(cnn2COCC[Si](C)(C)C)c1N1CCc2c(nc(O[C@@H](CN(C)C)CC(C)(C)C)nc2N2CCNCC2)C1.Cc1ccc2c(cnn2COCC[Si](C)(C)C)c1N1CCc2c(nc(O[C@H](C)CN(C)C)nc2N2CCN(C(=O)O)CC2)C1. The zero-order valence-electron chi connectivity index (χ0n) is 56.6. The lowest BCUT2D eigenvalue weighted by Crippen LogP contribution is -2.49.